The van der Waals surface area contributed by atoms with Crippen molar-refractivity contribution < 1.29 is 9.59 Å². The van der Waals surface area contributed by atoms with E-state index in [1.54, 1.807) is 24.3 Å². The van der Waals surface area contributed by atoms with Gasteiger partial charge in [-0.05, 0) is 48.2 Å². The van der Waals surface area contributed by atoms with E-state index in [9.17, 15) is 9.59 Å². The van der Waals surface area contributed by atoms with Crippen LogP contribution in [0.15, 0.2) is 48.5 Å². The van der Waals surface area contributed by atoms with Gasteiger partial charge in [0, 0.05) is 51.0 Å². The number of amides is 2. The molecular formula is C25H34N4O2. The lowest BCUT2D eigenvalue weighted by atomic mass is 10.0. The minimum absolute atomic E-state index is 0.00926. The molecule has 0 radical (unpaired) electrons. The van der Waals surface area contributed by atoms with Crippen molar-refractivity contribution in [1.82, 2.24) is 9.80 Å². The summed E-state index contributed by atoms with van der Waals surface area (Å²) < 4.78 is 0. The van der Waals surface area contributed by atoms with Crippen LogP contribution in [-0.2, 0) is 16.1 Å². The van der Waals surface area contributed by atoms with Gasteiger partial charge in [0.1, 0.15) is 0 Å². The molecule has 2 N–H and O–H groups in total. The van der Waals surface area contributed by atoms with E-state index in [-0.39, 0.29) is 17.9 Å². The van der Waals surface area contributed by atoms with Crippen molar-refractivity contribution in [2.45, 2.75) is 46.2 Å². The van der Waals surface area contributed by atoms with Crippen molar-refractivity contribution >= 4 is 23.2 Å². The van der Waals surface area contributed by atoms with Crippen LogP contribution < -0.4 is 10.6 Å². The van der Waals surface area contributed by atoms with Crippen LogP contribution in [0.1, 0.15) is 44.7 Å². The molecule has 6 heteroatoms. The normalized spacial score (nSPS) is 16.2. The highest BCUT2D eigenvalue weighted by Crippen LogP contribution is 2.18. The summed E-state index contributed by atoms with van der Waals surface area (Å²) in [5.41, 5.74) is 4.16. The quantitative estimate of drug-likeness (QED) is 0.710. The first-order valence-electron chi connectivity index (χ1n) is 11.1. The van der Waals surface area contributed by atoms with Gasteiger partial charge < -0.3 is 10.6 Å². The van der Waals surface area contributed by atoms with Gasteiger partial charge in [0.2, 0.25) is 11.8 Å². The Morgan fingerprint density at radius 3 is 1.90 bits per heavy atom. The highest BCUT2D eigenvalue weighted by atomic mass is 16.2. The zero-order valence-corrected chi connectivity index (χ0v) is 19.0. The predicted molar refractivity (Wildman–Crippen MR) is 126 cm³/mol. The van der Waals surface area contributed by atoms with Crippen LogP contribution in [0.4, 0.5) is 11.4 Å². The van der Waals surface area contributed by atoms with Crippen LogP contribution in [0.5, 0.6) is 0 Å². The largest absolute Gasteiger partial charge is 0.326 e. The summed E-state index contributed by atoms with van der Waals surface area (Å²) >= 11 is 0. The molecule has 2 aromatic carbocycles. The van der Waals surface area contributed by atoms with Crippen LogP contribution in [0, 0.1) is 0 Å². The van der Waals surface area contributed by atoms with Gasteiger partial charge in [-0.1, -0.05) is 38.1 Å². The molecule has 0 saturated carbocycles. The third-order valence-corrected chi connectivity index (χ3v) is 5.86. The molecule has 3 rings (SSSR count). The van der Waals surface area contributed by atoms with Crippen molar-refractivity contribution in [2.24, 2.45) is 0 Å². The summed E-state index contributed by atoms with van der Waals surface area (Å²) in [6.45, 7) is 12.5. The van der Waals surface area contributed by atoms with E-state index in [0.717, 1.165) is 38.4 Å². The maximum Gasteiger partial charge on any atom is 0.241 e. The van der Waals surface area contributed by atoms with Crippen LogP contribution in [0.25, 0.3) is 0 Å². The van der Waals surface area contributed by atoms with E-state index < -0.39 is 0 Å². The molecule has 1 aliphatic rings. The summed E-state index contributed by atoms with van der Waals surface area (Å²) in [4.78, 5) is 28.5. The molecule has 0 aromatic heterocycles. The number of rotatable bonds is 7. The van der Waals surface area contributed by atoms with Gasteiger partial charge in [0.25, 0.3) is 0 Å². The van der Waals surface area contributed by atoms with Crippen molar-refractivity contribution in [3.8, 4) is 0 Å². The van der Waals surface area contributed by atoms with Gasteiger partial charge in [-0.3, -0.25) is 19.4 Å². The lowest BCUT2D eigenvalue weighted by molar-refractivity contribution is -0.121. The van der Waals surface area contributed by atoms with Gasteiger partial charge in [0.05, 0.1) is 6.04 Å². The molecule has 1 unspecified atom stereocenters. The van der Waals surface area contributed by atoms with Crippen molar-refractivity contribution in [2.75, 3.05) is 36.8 Å². The fourth-order valence-electron chi connectivity index (χ4n) is 3.83. The monoisotopic (exact) mass is 422 g/mol. The molecule has 0 aliphatic carbocycles. The number of carbonyl (C=O) groups excluding carboxylic acids is 2. The third kappa shape index (κ3) is 6.64. The Morgan fingerprint density at radius 1 is 0.839 bits per heavy atom. The molecule has 2 amide bonds. The van der Waals surface area contributed by atoms with E-state index in [1.165, 1.54) is 18.1 Å². The number of carbonyl (C=O) groups is 2. The minimum atomic E-state index is -0.192. The minimum Gasteiger partial charge on any atom is -0.326 e. The van der Waals surface area contributed by atoms with Crippen LogP contribution in [0.3, 0.4) is 0 Å². The molecule has 0 spiro atoms. The Hall–Kier alpha value is -2.70. The first-order chi connectivity index (χ1) is 14.8. The average Bonchev–Trinajstić information content (AvgIpc) is 2.75. The molecular weight excluding hydrogens is 388 g/mol. The van der Waals surface area contributed by atoms with E-state index in [4.69, 9.17) is 0 Å². The fraction of sp³-hybridized carbons (Fsp3) is 0.440. The molecule has 6 nitrogen and oxygen atoms in total. The Bertz CT molecular complexity index is 869. The zero-order valence-electron chi connectivity index (χ0n) is 19.0. The number of nitrogens with zero attached hydrogens (tertiary/aromatic N) is 2. The SMILES string of the molecule is CC(=O)Nc1ccc(NC(=O)C(C)N2CCN(Cc3ccc(C(C)C)cc3)CC2)cc1. The van der Waals surface area contributed by atoms with Crippen molar-refractivity contribution in [3.63, 3.8) is 0 Å². The Labute approximate surface area is 185 Å². The molecule has 1 heterocycles. The van der Waals surface area contributed by atoms with Crippen molar-refractivity contribution in [1.29, 1.82) is 0 Å². The van der Waals surface area contributed by atoms with E-state index in [1.807, 2.05) is 6.92 Å². The molecule has 166 valence electrons. The lowest BCUT2D eigenvalue weighted by Crippen LogP contribution is -2.52. The third-order valence-electron chi connectivity index (χ3n) is 5.86. The first-order valence-corrected chi connectivity index (χ1v) is 11.1. The standard InChI is InChI=1S/C25H34N4O2/c1-18(2)22-7-5-21(6-8-22)17-28-13-15-29(16-14-28)19(3)25(31)27-24-11-9-23(10-12-24)26-20(4)30/h5-12,18-19H,13-17H2,1-4H3,(H,26,30)(H,27,31). The summed E-state index contributed by atoms with van der Waals surface area (Å²) in [7, 11) is 0. The Balaban J connectivity index is 1.46. The maximum atomic E-state index is 12.7. The number of benzene rings is 2. The summed E-state index contributed by atoms with van der Waals surface area (Å²) in [6.07, 6.45) is 0. The highest BCUT2D eigenvalue weighted by Gasteiger charge is 2.25. The van der Waals surface area contributed by atoms with Crippen LogP contribution >= 0.6 is 0 Å². The van der Waals surface area contributed by atoms with E-state index in [2.05, 4.69) is 58.5 Å². The van der Waals surface area contributed by atoms with E-state index in [0.29, 0.717) is 11.6 Å². The van der Waals surface area contributed by atoms with Gasteiger partial charge in [-0.2, -0.15) is 0 Å². The second-order valence-corrected chi connectivity index (χ2v) is 8.63. The smallest absolute Gasteiger partial charge is 0.241 e. The summed E-state index contributed by atoms with van der Waals surface area (Å²) in [5.74, 6) is 0.433. The van der Waals surface area contributed by atoms with Gasteiger partial charge >= 0.3 is 0 Å². The lowest BCUT2D eigenvalue weighted by Gasteiger charge is -2.37. The predicted octanol–water partition coefficient (Wildman–Crippen LogP) is 3.91. The molecule has 2 aromatic rings. The highest BCUT2D eigenvalue weighted by molar-refractivity contribution is 5.95. The summed E-state index contributed by atoms with van der Waals surface area (Å²) in [6, 6.07) is 15.9. The van der Waals surface area contributed by atoms with Crippen LogP contribution in [-0.4, -0.2) is 53.8 Å². The van der Waals surface area contributed by atoms with E-state index >= 15 is 0 Å². The zero-order chi connectivity index (χ0) is 22.4. The molecule has 1 fully saturated rings. The molecule has 31 heavy (non-hydrogen) atoms. The Kier molecular flexibility index (Phi) is 7.82. The number of piperazine rings is 1. The molecule has 1 saturated heterocycles. The molecule has 1 aliphatic heterocycles. The van der Waals surface area contributed by atoms with Crippen molar-refractivity contribution in [3.05, 3.63) is 59.7 Å². The topological polar surface area (TPSA) is 64.7 Å². The number of hydrogen-bond donors (Lipinski definition) is 2. The first kappa shape index (κ1) is 23.0. The van der Waals surface area contributed by atoms with Gasteiger partial charge in [0.15, 0.2) is 0 Å². The number of hydrogen-bond acceptors (Lipinski definition) is 4. The molecule has 1 atom stereocenters. The van der Waals surface area contributed by atoms with Gasteiger partial charge in [-0.15, -0.1) is 0 Å². The number of anilines is 2. The van der Waals surface area contributed by atoms with Crippen LogP contribution in [0.2, 0.25) is 0 Å². The molecule has 0 bridgehead atoms. The summed E-state index contributed by atoms with van der Waals surface area (Å²) in [5, 5.41) is 5.70. The second kappa shape index (κ2) is 10.6. The average molecular weight is 423 g/mol. The number of nitrogens with one attached hydrogen (secondary N) is 2. The Morgan fingerprint density at radius 2 is 1.39 bits per heavy atom. The maximum absolute atomic E-state index is 12.7. The second-order valence-electron chi connectivity index (χ2n) is 8.63. The van der Waals surface area contributed by atoms with Gasteiger partial charge in [-0.25, -0.2) is 0 Å². The fourth-order valence-corrected chi connectivity index (χ4v) is 3.83.